The van der Waals surface area contributed by atoms with Gasteiger partial charge in [0.25, 0.3) is 11.5 Å². The van der Waals surface area contributed by atoms with Crippen molar-refractivity contribution in [3.05, 3.63) is 58.5 Å². The summed E-state index contributed by atoms with van der Waals surface area (Å²) in [5.41, 5.74) is 1.66. The lowest BCUT2D eigenvalue weighted by molar-refractivity contribution is 0.0773. The summed E-state index contributed by atoms with van der Waals surface area (Å²) in [4.78, 5) is 43.8. The number of rotatable bonds is 6. The lowest BCUT2D eigenvalue weighted by Gasteiger charge is -2.31. The Morgan fingerprint density at radius 2 is 1.94 bits per heavy atom. The normalized spacial score (nSPS) is 14.6. The minimum atomic E-state index is -0.287. The highest BCUT2D eigenvalue weighted by Crippen LogP contribution is 2.19. The van der Waals surface area contributed by atoms with Crippen LogP contribution in [-0.4, -0.2) is 57.7 Å². The number of nitrogens with zero attached hydrogens (tertiary/aromatic N) is 3. The number of H-pyrrole nitrogens is 1. The third kappa shape index (κ3) is 5.24. The molecule has 0 saturated carbocycles. The minimum absolute atomic E-state index is 0.267. The van der Waals surface area contributed by atoms with E-state index >= 15 is 0 Å². The molecule has 1 fully saturated rings. The summed E-state index contributed by atoms with van der Waals surface area (Å²) >= 11 is 0. The molecular weight excluding hydrogens is 422 g/mol. The van der Waals surface area contributed by atoms with Crippen molar-refractivity contribution in [2.75, 3.05) is 26.2 Å². The number of carbonyl (C=O) groups excluding carboxylic acids is 2. The van der Waals surface area contributed by atoms with Gasteiger partial charge in [-0.1, -0.05) is 44.2 Å². The van der Waals surface area contributed by atoms with E-state index in [-0.39, 0.29) is 23.5 Å². The molecule has 1 aromatic carbocycles. The van der Waals surface area contributed by atoms with Crippen molar-refractivity contribution >= 4 is 17.6 Å². The topological polar surface area (TPSA) is 109 Å². The zero-order valence-electron chi connectivity index (χ0n) is 18.9. The highest BCUT2D eigenvalue weighted by Gasteiger charge is 2.25. The van der Waals surface area contributed by atoms with Gasteiger partial charge in [-0.05, 0) is 24.7 Å². The summed E-state index contributed by atoms with van der Waals surface area (Å²) in [6.07, 6.45) is 2.82. The van der Waals surface area contributed by atoms with Gasteiger partial charge in [0, 0.05) is 37.5 Å². The van der Waals surface area contributed by atoms with Crippen molar-refractivity contribution in [3.63, 3.8) is 0 Å². The van der Waals surface area contributed by atoms with Crippen LogP contribution in [0.25, 0.3) is 16.9 Å². The average molecular weight is 452 g/mol. The van der Waals surface area contributed by atoms with Gasteiger partial charge in [-0.2, -0.15) is 0 Å². The van der Waals surface area contributed by atoms with Crippen LogP contribution < -0.4 is 10.9 Å². The molecule has 2 N–H and O–H groups in total. The molecule has 1 saturated heterocycles. The van der Waals surface area contributed by atoms with Gasteiger partial charge in [0.15, 0.2) is 5.65 Å². The number of ether oxygens (including phenoxy) is 1. The molecule has 33 heavy (non-hydrogen) atoms. The van der Waals surface area contributed by atoms with Crippen LogP contribution in [0.4, 0.5) is 4.79 Å². The molecule has 2 aromatic heterocycles. The van der Waals surface area contributed by atoms with Crippen LogP contribution in [0.1, 0.15) is 37.0 Å². The first-order chi connectivity index (χ1) is 15.9. The molecule has 4 rings (SSSR count). The molecule has 0 aliphatic carbocycles. The number of hydrogen-bond donors (Lipinski definition) is 2. The van der Waals surface area contributed by atoms with E-state index < -0.39 is 0 Å². The molecule has 1 aliphatic rings. The van der Waals surface area contributed by atoms with Crippen molar-refractivity contribution in [1.82, 2.24) is 24.8 Å². The fourth-order valence-corrected chi connectivity index (χ4v) is 3.89. The Morgan fingerprint density at radius 3 is 2.64 bits per heavy atom. The van der Waals surface area contributed by atoms with E-state index in [9.17, 15) is 14.4 Å². The van der Waals surface area contributed by atoms with Crippen molar-refractivity contribution in [2.45, 2.75) is 26.7 Å². The summed E-state index contributed by atoms with van der Waals surface area (Å²) in [5, 5.41) is 5.78. The van der Waals surface area contributed by atoms with Crippen LogP contribution in [0.15, 0.2) is 47.4 Å². The fraction of sp³-hybridized carbons (Fsp3) is 0.417. The first-order valence-electron chi connectivity index (χ1n) is 11.3. The Labute approximate surface area is 191 Å². The Bertz CT molecular complexity index is 1180. The van der Waals surface area contributed by atoms with Gasteiger partial charge in [-0.15, -0.1) is 0 Å². The SMILES string of the molecule is CC(C)COC(=O)N1CCC(CNC(=O)c2c[nH]n3c(=O)cc(-c4ccccc4)nc23)CC1. The second kappa shape index (κ2) is 9.89. The van der Waals surface area contributed by atoms with E-state index in [1.54, 1.807) is 4.90 Å². The number of fused-ring (bicyclic) bond motifs is 1. The fourth-order valence-electron chi connectivity index (χ4n) is 3.89. The zero-order valence-corrected chi connectivity index (χ0v) is 18.9. The van der Waals surface area contributed by atoms with Gasteiger partial charge >= 0.3 is 6.09 Å². The molecule has 3 aromatic rings. The molecule has 0 atom stereocenters. The van der Waals surface area contributed by atoms with Gasteiger partial charge in [-0.25, -0.2) is 14.3 Å². The van der Waals surface area contributed by atoms with Gasteiger partial charge in [0.2, 0.25) is 0 Å². The van der Waals surface area contributed by atoms with E-state index in [4.69, 9.17) is 4.74 Å². The number of hydrogen-bond acceptors (Lipinski definition) is 5. The van der Waals surface area contributed by atoms with Crippen LogP contribution in [0.5, 0.6) is 0 Å². The summed E-state index contributed by atoms with van der Waals surface area (Å²) < 4.78 is 6.56. The number of amides is 2. The molecule has 9 nitrogen and oxygen atoms in total. The molecule has 0 spiro atoms. The van der Waals surface area contributed by atoms with Crippen LogP contribution in [0, 0.1) is 11.8 Å². The maximum absolute atomic E-state index is 12.9. The molecule has 1 aliphatic heterocycles. The molecule has 0 unspecified atom stereocenters. The third-order valence-corrected chi connectivity index (χ3v) is 5.78. The van der Waals surface area contributed by atoms with E-state index in [1.807, 2.05) is 44.2 Å². The Balaban J connectivity index is 1.38. The molecule has 0 radical (unpaired) electrons. The number of aromatic nitrogens is 3. The minimum Gasteiger partial charge on any atom is -0.449 e. The van der Waals surface area contributed by atoms with Gasteiger partial charge < -0.3 is 15.0 Å². The Kier molecular flexibility index (Phi) is 6.76. The summed E-state index contributed by atoms with van der Waals surface area (Å²) in [6, 6.07) is 10.8. The Morgan fingerprint density at radius 1 is 1.21 bits per heavy atom. The van der Waals surface area contributed by atoms with Crippen LogP contribution >= 0.6 is 0 Å². The summed E-state index contributed by atoms with van der Waals surface area (Å²) in [7, 11) is 0. The number of carbonyl (C=O) groups is 2. The van der Waals surface area contributed by atoms with Gasteiger partial charge in [0.1, 0.15) is 5.56 Å². The largest absolute Gasteiger partial charge is 0.449 e. The predicted molar refractivity (Wildman–Crippen MR) is 124 cm³/mol. The number of piperidine rings is 1. The molecule has 9 heteroatoms. The average Bonchev–Trinajstić information content (AvgIpc) is 3.26. The van der Waals surface area contributed by atoms with Crippen LogP contribution in [0.3, 0.4) is 0 Å². The van der Waals surface area contributed by atoms with E-state index in [2.05, 4.69) is 15.4 Å². The second-order valence-corrected chi connectivity index (χ2v) is 8.80. The highest BCUT2D eigenvalue weighted by atomic mass is 16.6. The second-order valence-electron chi connectivity index (χ2n) is 8.80. The van der Waals surface area contributed by atoms with Crippen LogP contribution in [-0.2, 0) is 4.74 Å². The lowest BCUT2D eigenvalue weighted by atomic mass is 9.97. The standard InChI is InChI=1S/C24H29N5O4/c1-16(2)15-33-24(32)28-10-8-17(9-11-28)13-25-23(31)19-14-26-29-21(30)12-20(27-22(19)29)18-6-4-3-5-7-18/h3-7,12,14,16-17,26H,8-11,13,15H2,1-2H3,(H,25,31). The maximum atomic E-state index is 12.9. The number of nitrogens with one attached hydrogen (secondary N) is 2. The van der Waals surface area contributed by atoms with E-state index in [0.717, 1.165) is 18.4 Å². The first kappa shape index (κ1) is 22.6. The van der Waals surface area contributed by atoms with E-state index in [0.29, 0.717) is 49.1 Å². The van der Waals surface area contributed by atoms with Crippen molar-refractivity contribution in [3.8, 4) is 11.3 Å². The lowest BCUT2D eigenvalue weighted by Crippen LogP contribution is -2.42. The maximum Gasteiger partial charge on any atom is 0.409 e. The molecular formula is C24H29N5O4. The van der Waals surface area contributed by atoms with E-state index in [1.165, 1.54) is 16.8 Å². The predicted octanol–water partition coefficient (Wildman–Crippen LogP) is 2.92. The number of aromatic amines is 1. The first-order valence-corrected chi connectivity index (χ1v) is 11.3. The van der Waals surface area contributed by atoms with Crippen LogP contribution in [0.2, 0.25) is 0 Å². The molecule has 0 bridgehead atoms. The Hall–Kier alpha value is -3.62. The highest BCUT2D eigenvalue weighted by molar-refractivity contribution is 5.99. The number of likely N-dealkylation sites (tertiary alicyclic amines) is 1. The molecule has 174 valence electrons. The smallest absolute Gasteiger partial charge is 0.409 e. The van der Waals surface area contributed by atoms with Crippen molar-refractivity contribution < 1.29 is 14.3 Å². The van der Waals surface area contributed by atoms with Crippen molar-refractivity contribution in [2.24, 2.45) is 11.8 Å². The summed E-state index contributed by atoms with van der Waals surface area (Å²) in [6.45, 7) is 6.15. The quantitative estimate of drug-likeness (QED) is 0.599. The molecule has 2 amide bonds. The third-order valence-electron chi connectivity index (χ3n) is 5.78. The van der Waals surface area contributed by atoms with Gasteiger partial charge in [-0.3, -0.25) is 14.7 Å². The molecule has 3 heterocycles. The van der Waals surface area contributed by atoms with Crippen molar-refractivity contribution in [1.29, 1.82) is 0 Å². The number of benzene rings is 1. The summed E-state index contributed by atoms with van der Waals surface area (Å²) in [5.74, 6) is 0.286. The zero-order chi connectivity index (χ0) is 23.4. The van der Waals surface area contributed by atoms with Gasteiger partial charge in [0.05, 0.1) is 12.3 Å². The monoisotopic (exact) mass is 451 g/mol.